The van der Waals surface area contributed by atoms with Crippen molar-refractivity contribution in [3.63, 3.8) is 0 Å². The Hall–Kier alpha value is -2.55. The molecule has 0 saturated heterocycles. The molecule has 0 aliphatic rings. The fourth-order valence-electron chi connectivity index (χ4n) is 2.39. The van der Waals surface area contributed by atoms with Gasteiger partial charge in [-0.1, -0.05) is 23.9 Å². The highest BCUT2D eigenvalue weighted by Crippen LogP contribution is 2.30. The van der Waals surface area contributed by atoms with Gasteiger partial charge in [0.15, 0.2) is 4.34 Å². The maximum Gasteiger partial charge on any atom is 0.319 e. The van der Waals surface area contributed by atoms with Gasteiger partial charge in [0, 0.05) is 28.2 Å². The molecule has 0 fully saturated rings. The average Bonchev–Trinajstić information content (AvgIpc) is 3.12. The van der Waals surface area contributed by atoms with Gasteiger partial charge in [0.2, 0.25) is 0 Å². The third kappa shape index (κ3) is 5.72. The molecule has 3 aromatic rings. The summed E-state index contributed by atoms with van der Waals surface area (Å²) in [6.07, 6.45) is -0.794. The van der Waals surface area contributed by atoms with Crippen LogP contribution in [0.1, 0.15) is 17.4 Å². The molecule has 0 spiro atoms. The summed E-state index contributed by atoms with van der Waals surface area (Å²) >= 11 is 3.20. The summed E-state index contributed by atoms with van der Waals surface area (Å²) in [6.45, 7) is 2.08. The van der Waals surface area contributed by atoms with E-state index in [0.717, 1.165) is 14.9 Å². The van der Waals surface area contributed by atoms with Crippen molar-refractivity contribution >= 4 is 34.8 Å². The second-order valence-electron chi connectivity index (χ2n) is 6.01. The molecule has 2 amide bonds. The predicted molar refractivity (Wildman–Crippen MR) is 112 cm³/mol. The lowest BCUT2D eigenvalue weighted by atomic mass is 10.1. The molecule has 3 N–H and O–H groups in total. The van der Waals surface area contributed by atoms with Crippen molar-refractivity contribution in [2.45, 2.75) is 22.3 Å². The Labute approximate surface area is 172 Å². The zero-order chi connectivity index (χ0) is 19.9. The molecule has 8 heteroatoms. The number of aromatic nitrogens is 1. The molecular formula is C20H21N3O3S2. The number of ether oxygens (including phenoxy) is 1. The molecule has 0 aliphatic heterocycles. The number of nitrogens with zero attached hydrogens (tertiary/aromatic N) is 1. The number of amides is 2. The number of carbonyl (C=O) groups excluding carboxylic acids is 1. The van der Waals surface area contributed by atoms with E-state index in [2.05, 4.69) is 15.6 Å². The van der Waals surface area contributed by atoms with Crippen molar-refractivity contribution in [1.82, 2.24) is 10.3 Å². The molecule has 146 valence electrons. The van der Waals surface area contributed by atoms with Crippen LogP contribution in [0.25, 0.3) is 0 Å². The molecule has 6 nitrogen and oxygen atoms in total. The molecular weight excluding hydrogens is 394 g/mol. The number of benzene rings is 2. The fraction of sp³-hybridized carbons (Fsp3) is 0.200. The second kappa shape index (κ2) is 9.59. The van der Waals surface area contributed by atoms with Gasteiger partial charge >= 0.3 is 6.03 Å². The number of anilines is 1. The smallest absolute Gasteiger partial charge is 0.319 e. The first kappa shape index (κ1) is 20.2. The van der Waals surface area contributed by atoms with Gasteiger partial charge in [0.25, 0.3) is 0 Å². The maximum atomic E-state index is 12.1. The quantitative estimate of drug-likeness (QED) is 0.530. The summed E-state index contributed by atoms with van der Waals surface area (Å²) in [5, 5.41) is 17.6. The van der Waals surface area contributed by atoms with Crippen LogP contribution in [0.2, 0.25) is 0 Å². The van der Waals surface area contributed by atoms with Crippen LogP contribution in [0.5, 0.6) is 5.75 Å². The van der Waals surface area contributed by atoms with Gasteiger partial charge in [-0.2, -0.15) is 0 Å². The van der Waals surface area contributed by atoms with Gasteiger partial charge in [-0.25, -0.2) is 9.78 Å². The number of hydrogen-bond donors (Lipinski definition) is 3. The lowest BCUT2D eigenvalue weighted by Crippen LogP contribution is -2.32. The highest BCUT2D eigenvalue weighted by atomic mass is 32.2. The van der Waals surface area contributed by atoms with Crippen LogP contribution in [-0.4, -0.2) is 29.8 Å². The molecule has 0 aliphatic carbocycles. The Morgan fingerprint density at radius 2 is 1.93 bits per heavy atom. The normalized spacial score (nSPS) is 11.7. The number of aliphatic hydroxyl groups is 1. The monoisotopic (exact) mass is 415 g/mol. The molecule has 0 unspecified atom stereocenters. The van der Waals surface area contributed by atoms with Gasteiger partial charge in [-0.15, -0.1) is 11.3 Å². The van der Waals surface area contributed by atoms with E-state index < -0.39 is 6.10 Å². The third-order valence-electron chi connectivity index (χ3n) is 3.87. The van der Waals surface area contributed by atoms with Crippen LogP contribution in [-0.2, 0) is 0 Å². The summed E-state index contributed by atoms with van der Waals surface area (Å²) in [6, 6.07) is 14.2. The Morgan fingerprint density at radius 1 is 1.21 bits per heavy atom. The Bertz CT molecular complexity index is 911. The maximum absolute atomic E-state index is 12.1. The number of methoxy groups -OCH3 is 1. The van der Waals surface area contributed by atoms with Crippen LogP contribution in [0.4, 0.5) is 10.5 Å². The zero-order valence-electron chi connectivity index (χ0n) is 15.5. The summed E-state index contributed by atoms with van der Waals surface area (Å²) < 4.78 is 6.08. The van der Waals surface area contributed by atoms with E-state index in [9.17, 15) is 9.90 Å². The number of carbonyl (C=O) groups is 1. The van der Waals surface area contributed by atoms with Crippen LogP contribution in [0.3, 0.4) is 0 Å². The third-order valence-corrected chi connectivity index (χ3v) is 5.94. The van der Waals surface area contributed by atoms with Crippen molar-refractivity contribution in [2.75, 3.05) is 19.0 Å². The van der Waals surface area contributed by atoms with E-state index in [1.165, 1.54) is 0 Å². The highest BCUT2D eigenvalue weighted by Gasteiger charge is 2.10. The number of rotatable bonds is 7. The molecule has 1 atom stereocenters. The van der Waals surface area contributed by atoms with Crippen LogP contribution in [0.15, 0.2) is 63.1 Å². The minimum absolute atomic E-state index is 0.107. The van der Waals surface area contributed by atoms with Crippen molar-refractivity contribution < 1.29 is 14.6 Å². The number of urea groups is 1. The van der Waals surface area contributed by atoms with E-state index >= 15 is 0 Å². The summed E-state index contributed by atoms with van der Waals surface area (Å²) in [5.74, 6) is 0.716. The minimum Gasteiger partial charge on any atom is -0.497 e. The first-order valence-electron chi connectivity index (χ1n) is 8.60. The van der Waals surface area contributed by atoms with Gasteiger partial charge in [-0.3, -0.25) is 0 Å². The minimum atomic E-state index is -0.794. The fourth-order valence-corrected chi connectivity index (χ4v) is 4.20. The topological polar surface area (TPSA) is 83.5 Å². The predicted octanol–water partition coefficient (Wildman–Crippen LogP) is 4.47. The van der Waals surface area contributed by atoms with E-state index in [4.69, 9.17) is 4.74 Å². The van der Waals surface area contributed by atoms with Crippen molar-refractivity contribution in [3.8, 4) is 5.75 Å². The average molecular weight is 416 g/mol. The zero-order valence-corrected chi connectivity index (χ0v) is 17.1. The van der Waals surface area contributed by atoms with Crippen molar-refractivity contribution in [1.29, 1.82) is 0 Å². The number of aliphatic hydroxyl groups excluding tert-OH is 1. The van der Waals surface area contributed by atoms with Gasteiger partial charge in [0.1, 0.15) is 5.75 Å². The Kier molecular flexibility index (Phi) is 6.91. The number of aryl methyl sites for hydroxylation is 1. The molecule has 0 bridgehead atoms. The molecule has 0 radical (unpaired) electrons. The van der Waals surface area contributed by atoms with E-state index in [0.29, 0.717) is 17.0 Å². The summed E-state index contributed by atoms with van der Waals surface area (Å²) in [5.41, 5.74) is 2.40. The van der Waals surface area contributed by atoms with E-state index in [-0.39, 0.29) is 12.6 Å². The lowest BCUT2D eigenvalue weighted by molar-refractivity contribution is 0.175. The molecule has 3 rings (SSSR count). The number of nitrogens with one attached hydrogen (secondary N) is 2. The van der Waals surface area contributed by atoms with Crippen LogP contribution in [0, 0.1) is 6.92 Å². The van der Waals surface area contributed by atoms with Crippen LogP contribution >= 0.6 is 23.1 Å². The van der Waals surface area contributed by atoms with Gasteiger partial charge in [-0.05, 0) is 48.9 Å². The molecule has 28 heavy (non-hydrogen) atoms. The SMILES string of the molecule is COc1ccc([C@@H](O)CNC(=O)Nc2ccc(Sc3nc(C)cs3)cc2)cc1. The Morgan fingerprint density at radius 3 is 2.54 bits per heavy atom. The standard InChI is InChI=1S/C20H21N3O3S2/c1-13-12-27-20(22-13)28-17-9-5-15(6-10-17)23-19(25)21-11-18(24)14-3-7-16(26-2)8-4-14/h3-10,12,18,24H,11H2,1-2H3,(H2,21,23,25)/t18-/m0/s1. The van der Waals surface area contributed by atoms with Crippen molar-refractivity contribution in [2.24, 2.45) is 0 Å². The van der Waals surface area contributed by atoms with Crippen LogP contribution < -0.4 is 15.4 Å². The second-order valence-corrected chi connectivity index (χ2v) is 8.18. The van der Waals surface area contributed by atoms with E-state index in [1.54, 1.807) is 54.5 Å². The van der Waals surface area contributed by atoms with Gasteiger partial charge < -0.3 is 20.5 Å². The lowest BCUT2D eigenvalue weighted by Gasteiger charge is -2.13. The Balaban J connectivity index is 1.47. The number of thiazole rings is 1. The first-order chi connectivity index (χ1) is 13.5. The highest BCUT2D eigenvalue weighted by molar-refractivity contribution is 8.01. The molecule has 1 heterocycles. The summed E-state index contributed by atoms with van der Waals surface area (Å²) in [4.78, 5) is 17.5. The van der Waals surface area contributed by atoms with Crippen molar-refractivity contribution in [3.05, 3.63) is 65.2 Å². The molecule has 1 aromatic heterocycles. The molecule has 2 aromatic carbocycles. The number of hydrogen-bond acceptors (Lipinski definition) is 6. The molecule has 0 saturated carbocycles. The first-order valence-corrected chi connectivity index (χ1v) is 10.3. The van der Waals surface area contributed by atoms with Gasteiger partial charge in [0.05, 0.1) is 13.2 Å². The van der Waals surface area contributed by atoms with E-state index in [1.807, 2.05) is 36.6 Å². The largest absolute Gasteiger partial charge is 0.497 e. The summed E-state index contributed by atoms with van der Waals surface area (Å²) in [7, 11) is 1.59.